The molecule has 4 heterocycles. The van der Waals surface area contributed by atoms with Gasteiger partial charge < -0.3 is 14.5 Å². The summed E-state index contributed by atoms with van der Waals surface area (Å²) in [5.41, 5.74) is 2.71. The zero-order valence-corrected chi connectivity index (χ0v) is 19.0. The monoisotopic (exact) mass is 439 g/mol. The van der Waals surface area contributed by atoms with E-state index in [2.05, 4.69) is 26.9 Å². The van der Waals surface area contributed by atoms with Crippen molar-refractivity contribution in [3.63, 3.8) is 0 Å². The summed E-state index contributed by atoms with van der Waals surface area (Å²) < 4.78 is 7.49. The highest BCUT2D eigenvalue weighted by Gasteiger charge is 2.32. The van der Waals surface area contributed by atoms with Crippen LogP contribution < -0.4 is 9.64 Å². The van der Waals surface area contributed by atoms with Gasteiger partial charge in [-0.25, -0.2) is 4.98 Å². The largest absolute Gasteiger partial charge is 0.495 e. The van der Waals surface area contributed by atoms with Crippen LogP contribution in [0.15, 0.2) is 35.8 Å². The van der Waals surface area contributed by atoms with E-state index in [1.807, 2.05) is 39.9 Å². The molecule has 0 radical (unpaired) electrons. The number of carbonyl (C=O) groups excluding carboxylic acids is 1. The van der Waals surface area contributed by atoms with Crippen molar-refractivity contribution in [2.75, 3.05) is 51.3 Å². The van der Waals surface area contributed by atoms with Crippen molar-refractivity contribution in [2.24, 2.45) is 0 Å². The van der Waals surface area contributed by atoms with Gasteiger partial charge in [-0.2, -0.15) is 0 Å². The predicted molar refractivity (Wildman–Crippen MR) is 124 cm³/mol. The van der Waals surface area contributed by atoms with Crippen molar-refractivity contribution in [1.29, 1.82) is 0 Å². The lowest BCUT2D eigenvalue weighted by Crippen LogP contribution is -2.56. The second-order valence-corrected chi connectivity index (χ2v) is 9.22. The summed E-state index contributed by atoms with van der Waals surface area (Å²) in [7, 11) is 1.73. The number of anilines is 1. The normalized spacial score (nSPS) is 20.4. The van der Waals surface area contributed by atoms with Crippen LogP contribution in [0.4, 0.5) is 5.69 Å². The van der Waals surface area contributed by atoms with Crippen molar-refractivity contribution >= 4 is 27.9 Å². The van der Waals surface area contributed by atoms with Crippen LogP contribution in [0.25, 0.3) is 4.96 Å². The summed E-state index contributed by atoms with van der Waals surface area (Å²) >= 11 is 1.57. The third-order valence-corrected chi connectivity index (χ3v) is 7.34. The maximum absolute atomic E-state index is 13.4. The van der Waals surface area contributed by atoms with Gasteiger partial charge in [0.15, 0.2) is 4.96 Å². The number of aromatic nitrogens is 2. The van der Waals surface area contributed by atoms with E-state index >= 15 is 0 Å². The number of hydrogen-bond acceptors (Lipinski definition) is 6. The van der Waals surface area contributed by atoms with Crippen molar-refractivity contribution in [3.05, 3.63) is 47.2 Å². The molecule has 0 aliphatic carbocycles. The van der Waals surface area contributed by atoms with Crippen molar-refractivity contribution < 1.29 is 9.53 Å². The Hall–Kier alpha value is -2.58. The second kappa shape index (κ2) is 8.51. The van der Waals surface area contributed by atoms with Gasteiger partial charge in [-0.3, -0.25) is 14.1 Å². The van der Waals surface area contributed by atoms with E-state index in [0.717, 1.165) is 74.2 Å². The molecule has 0 bridgehead atoms. The molecule has 164 valence electrons. The standard InChI is InChI=1S/C23H29N5O2S/c1-17-21(28-14-15-31-23(28)24-17)22(29)27-9-5-6-18(16-27)25-10-12-26(13-11-25)19-7-3-4-8-20(19)30-2/h3-4,7-8,14-15,18H,5-6,9-13,16H2,1-2H3. The minimum Gasteiger partial charge on any atom is -0.495 e. The van der Waals surface area contributed by atoms with E-state index in [1.165, 1.54) is 5.69 Å². The third kappa shape index (κ3) is 3.78. The van der Waals surface area contributed by atoms with Crippen molar-refractivity contribution in [1.82, 2.24) is 19.2 Å². The van der Waals surface area contributed by atoms with E-state index in [9.17, 15) is 4.79 Å². The highest BCUT2D eigenvalue weighted by Crippen LogP contribution is 2.29. The summed E-state index contributed by atoms with van der Waals surface area (Å²) in [6.45, 7) is 7.52. The summed E-state index contributed by atoms with van der Waals surface area (Å²) in [6, 6.07) is 8.66. The number of fused-ring (bicyclic) bond motifs is 1. The molecule has 2 aliphatic rings. The van der Waals surface area contributed by atoms with Crippen molar-refractivity contribution in [2.45, 2.75) is 25.8 Å². The first-order chi connectivity index (χ1) is 15.2. The number of benzene rings is 1. The molecule has 2 aromatic heterocycles. The number of aryl methyl sites for hydroxylation is 1. The number of imidazole rings is 1. The quantitative estimate of drug-likeness (QED) is 0.625. The highest BCUT2D eigenvalue weighted by molar-refractivity contribution is 7.15. The summed E-state index contributed by atoms with van der Waals surface area (Å²) in [4.78, 5) is 25.8. The van der Waals surface area contributed by atoms with Gasteiger partial charge in [-0.05, 0) is 31.9 Å². The molecule has 1 atom stereocenters. The van der Waals surface area contributed by atoms with Crippen LogP contribution in [0.2, 0.25) is 0 Å². The zero-order chi connectivity index (χ0) is 21.4. The lowest BCUT2D eigenvalue weighted by Gasteiger charge is -2.44. The molecular weight excluding hydrogens is 410 g/mol. The molecule has 31 heavy (non-hydrogen) atoms. The smallest absolute Gasteiger partial charge is 0.272 e. The first-order valence-electron chi connectivity index (χ1n) is 11.0. The lowest BCUT2D eigenvalue weighted by molar-refractivity contribution is 0.0556. The zero-order valence-electron chi connectivity index (χ0n) is 18.2. The van der Waals surface area contributed by atoms with E-state index in [4.69, 9.17) is 4.74 Å². The average molecular weight is 440 g/mol. The van der Waals surface area contributed by atoms with Gasteiger partial charge in [0.25, 0.3) is 5.91 Å². The van der Waals surface area contributed by atoms with Gasteiger partial charge in [0.2, 0.25) is 0 Å². The Balaban J connectivity index is 1.25. The molecule has 2 saturated heterocycles. The Bertz CT molecular complexity index is 1070. The average Bonchev–Trinajstić information content (AvgIpc) is 3.39. The van der Waals surface area contributed by atoms with E-state index in [-0.39, 0.29) is 5.91 Å². The fraction of sp³-hybridized carbons (Fsp3) is 0.478. The van der Waals surface area contributed by atoms with Gasteiger partial charge in [-0.1, -0.05) is 12.1 Å². The van der Waals surface area contributed by atoms with E-state index < -0.39 is 0 Å². The number of amides is 1. The number of ether oxygens (including phenoxy) is 1. The number of rotatable bonds is 4. The maximum Gasteiger partial charge on any atom is 0.272 e. The summed E-state index contributed by atoms with van der Waals surface area (Å²) in [5.74, 6) is 1.04. The molecule has 8 heteroatoms. The first kappa shape index (κ1) is 20.3. The predicted octanol–water partition coefficient (Wildman–Crippen LogP) is 3.14. The summed E-state index contributed by atoms with van der Waals surface area (Å²) in [5, 5.41) is 1.98. The molecule has 1 aromatic carbocycles. The van der Waals surface area contributed by atoms with E-state index in [1.54, 1.807) is 18.4 Å². The van der Waals surface area contributed by atoms with Crippen LogP contribution >= 0.6 is 11.3 Å². The number of piperazine rings is 1. The maximum atomic E-state index is 13.4. The molecule has 0 spiro atoms. The van der Waals surface area contributed by atoms with Gasteiger partial charge in [0.1, 0.15) is 11.4 Å². The Morgan fingerprint density at radius 1 is 1.16 bits per heavy atom. The number of hydrogen-bond donors (Lipinski definition) is 0. The van der Waals surface area contributed by atoms with Gasteiger partial charge in [0, 0.05) is 56.9 Å². The van der Waals surface area contributed by atoms with Gasteiger partial charge in [0.05, 0.1) is 18.5 Å². The number of para-hydroxylation sites is 2. The molecule has 3 aromatic rings. The number of piperidine rings is 1. The molecule has 2 fully saturated rings. The fourth-order valence-corrected chi connectivity index (χ4v) is 5.72. The second-order valence-electron chi connectivity index (χ2n) is 8.34. The fourth-order valence-electron chi connectivity index (χ4n) is 4.96. The summed E-state index contributed by atoms with van der Waals surface area (Å²) in [6.07, 6.45) is 4.15. The number of thiazole rings is 1. The molecule has 5 rings (SSSR count). The van der Waals surface area contributed by atoms with Crippen LogP contribution in [-0.2, 0) is 0 Å². The Morgan fingerprint density at radius 2 is 1.97 bits per heavy atom. The van der Waals surface area contributed by atoms with Crippen molar-refractivity contribution in [3.8, 4) is 5.75 Å². The molecule has 0 N–H and O–H groups in total. The van der Waals surface area contributed by atoms with E-state index in [0.29, 0.717) is 6.04 Å². The first-order valence-corrected chi connectivity index (χ1v) is 11.9. The lowest BCUT2D eigenvalue weighted by atomic mass is 10.0. The Kier molecular flexibility index (Phi) is 5.58. The molecule has 2 aliphatic heterocycles. The molecule has 0 saturated carbocycles. The SMILES string of the molecule is COc1ccccc1N1CCN(C2CCCN(C(=O)c3c(C)nc4sccn34)C2)CC1. The number of likely N-dealkylation sites (tertiary alicyclic amines) is 1. The molecule has 1 amide bonds. The minimum atomic E-state index is 0.112. The molecule has 1 unspecified atom stereocenters. The van der Waals surface area contributed by atoms with Crippen LogP contribution in [0, 0.1) is 6.92 Å². The minimum absolute atomic E-state index is 0.112. The topological polar surface area (TPSA) is 53.3 Å². The van der Waals surface area contributed by atoms with Crippen LogP contribution in [0.5, 0.6) is 5.75 Å². The number of carbonyl (C=O) groups is 1. The highest BCUT2D eigenvalue weighted by atomic mass is 32.1. The van der Waals surface area contributed by atoms with Gasteiger partial charge >= 0.3 is 0 Å². The Labute approximate surface area is 186 Å². The van der Waals surface area contributed by atoms with Gasteiger partial charge in [-0.15, -0.1) is 11.3 Å². The van der Waals surface area contributed by atoms with Crippen LogP contribution in [-0.4, -0.2) is 77.5 Å². The molecular formula is C23H29N5O2S. The Morgan fingerprint density at radius 3 is 2.77 bits per heavy atom. The van der Waals surface area contributed by atoms with Crippen LogP contribution in [0.1, 0.15) is 29.0 Å². The van der Waals surface area contributed by atoms with Crippen LogP contribution in [0.3, 0.4) is 0 Å². The third-order valence-electron chi connectivity index (χ3n) is 6.58. The molecule has 7 nitrogen and oxygen atoms in total. The number of nitrogens with zero attached hydrogens (tertiary/aromatic N) is 5. The number of methoxy groups -OCH3 is 1.